The van der Waals surface area contributed by atoms with Crippen LogP contribution < -0.4 is 5.32 Å². The topological polar surface area (TPSA) is 69.6 Å². The van der Waals surface area contributed by atoms with Crippen LogP contribution in [0.1, 0.15) is 60.3 Å². The molecule has 0 aliphatic carbocycles. The number of nitrogens with one attached hydrogen (secondary N) is 1. The number of carboxylic acid groups (broad SMARTS) is 1. The molecule has 0 radical (unpaired) electrons. The summed E-state index contributed by atoms with van der Waals surface area (Å²) in [5, 5.41) is 12.6. The van der Waals surface area contributed by atoms with E-state index >= 15 is 0 Å². The quantitative estimate of drug-likeness (QED) is 0.789. The van der Waals surface area contributed by atoms with Gasteiger partial charge in [0.15, 0.2) is 0 Å². The van der Waals surface area contributed by atoms with Gasteiger partial charge in [-0.15, -0.1) is 0 Å². The Balaban J connectivity index is 2.80. The van der Waals surface area contributed by atoms with Gasteiger partial charge in [0.1, 0.15) is 6.04 Å². The molecule has 1 saturated heterocycles. The first-order valence-electron chi connectivity index (χ1n) is 7.99. The molecule has 2 N–H and O–H groups in total. The Morgan fingerprint density at radius 3 is 2.52 bits per heavy atom. The van der Waals surface area contributed by atoms with Crippen LogP contribution in [0.15, 0.2) is 0 Å². The highest BCUT2D eigenvalue weighted by Gasteiger charge is 2.45. The summed E-state index contributed by atoms with van der Waals surface area (Å²) in [5.41, 5.74) is -0.312. The Hall–Kier alpha value is -1.10. The molecule has 0 bridgehead atoms. The number of likely N-dealkylation sites (tertiary alicyclic amines) is 1. The van der Waals surface area contributed by atoms with Crippen molar-refractivity contribution in [3.63, 3.8) is 0 Å². The SMILES string of the molecule is CCCC(C)NC(=O)C(C)N1CCCC(C)(C)C1C(=O)O. The lowest BCUT2D eigenvalue weighted by Crippen LogP contribution is -2.60. The number of hydrogen-bond donors (Lipinski definition) is 2. The Morgan fingerprint density at radius 2 is 2.00 bits per heavy atom. The first kappa shape index (κ1) is 18.0. The second-order valence-electron chi connectivity index (χ2n) is 6.95. The van der Waals surface area contributed by atoms with Crippen molar-refractivity contribution in [1.82, 2.24) is 10.2 Å². The van der Waals surface area contributed by atoms with Gasteiger partial charge < -0.3 is 10.4 Å². The van der Waals surface area contributed by atoms with E-state index in [0.29, 0.717) is 6.54 Å². The van der Waals surface area contributed by atoms with E-state index in [4.69, 9.17) is 0 Å². The van der Waals surface area contributed by atoms with E-state index in [0.717, 1.165) is 25.7 Å². The highest BCUT2D eigenvalue weighted by molar-refractivity contribution is 5.83. The fraction of sp³-hybridized carbons (Fsp3) is 0.875. The van der Waals surface area contributed by atoms with E-state index in [9.17, 15) is 14.7 Å². The van der Waals surface area contributed by atoms with Crippen LogP contribution in [0.4, 0.5) is 0 Å². The number of carboxylic acids is 1. The molecule has 0 spiro atoms. The lowest BCUT2D eigenvalue weighted by Gasteiger charge is -2.46. The summed E-state index contributed by atoms with van der Waals surface area (Å²) in [6.45, 7) is 10.5. The lowest BCUT2D eigenvalue weighted by molar-refractivity contribution is -0.154. The van der Waals surface area contributed by atoms with E-state index in [1.807, 2.05) is 32.6 Å². The first-order valence-corrected chi connectivity index (χ1v) is 7.99. The molecule has 1 heterocycles. The van der Waals surface area contributed by atoms with Crippen LogP contribution in [0, 0.1) is 5.41 Å². The Bertz CT molecular complexity index is 382. The van der Waals surface area contributed by atoms with Crippen LogP contribution in [-0.4, -0.2) is 46.6 Å². The molecular formula is C16H30N2O3. The third-order valence-electron chi connectivity index (χ3n) is 4.53. The molecule has 0 saturated carbocycles. The van der Waals surface area contributed by atoms with Crippen molar-refractivity contribution >= 4 is 11.9 Å². The maximum Gasteiger partial charge on any atom is 0.321 e. The van der Waals surface area contributed by atoms with Gasteiger partial charge in [0, 0.05) is 6.04 Å². The molecule has 0 aromatic heterocycles. The average molecular weight is 298 g/mol. The Labute approximate surface area is 128 Å². The highest BCUT2D eigenvalue weighted by atomic mass is 16.4. The molecule has 122 valence electrons. The third kappa shape index (κ3) is 4.43. The molecule has 3 unspecified atom stereocenters. The molecule has 3 atom stereocenters. The van der Waals surface area contributed by atoms with Crippen molar-refractivity contribution in [3.05, 3.63) is 0 Å². The van der Waals surface area contributed by atoms with Crippen molar-refractivity contribution in [1.29, 1.82) is 0 Å². The van der Waals surface area contributed by atoms with Gasteiger partial charge in [0.05, 0.1) is 6.04 Å². The van der Waals surface area contributed by atoms with Gasteiger partial charge in [-0.25, -0.2) is 0 Å². The maximum atomic E-state index is 12.4. The van der Waals surface area contributed by atoms with Crippen molar-refractivity contribution in [2.45, 2.75) is 78.4 Å². The first-order chi connectivity index (χ1) is 9.70. The molecule has 1 fully saturated rings. The number of piperidine rings is 1. The zero-order valence-corrected chi connectivity index (χ0v) is 14.0. The summed E-state index contributed by atoms with van der Waals surface area (Å²) in [5.74, 6) is -0.902. The molecule has 0 aromatic rings. The Morgan fingerprint density at radius 1 is 1.38 bits per heavy atom. The maximum absolute atomic E-state index is 12.4. The van der Waals surface area contributed by atoms with Crippen molar-refractivity contribution in [2.75, 3.05) is 6.54 Å². The van der Waals surface area contributed by atoms with Gasteiger partial charge >= 0.3 is 5.97 Å². The number of carbonyl (C=O) groups is 2. The predicted octanol–water partition coefficient (Wildman–Crippen LogP) is 2.25. The summed E-state index contributed by atoms with van der Waals surface area (Å²) >= 11 is 0. The molecule has 1 amide bonds. The van der Waals surface area contributed by atoms with Crippen molar-refractivity contribution in [3.8, 4) is 0 Å². The normalized spacial score (nSPS) is 25.1. The van der Waals surface area contributed by atoms with Crippen molar-refractivity contribution < 1.29 is 14.7 Å². The van der Waals surface area contributed by atoms with Crippen LogP contribution in [0.2, 0.25) is 0 Å². The molecule has 21 heavy (non-hydrogen) atoms. The molecule has 1 rings (SSSR count). The minimum atomic E-state index is -0.832. The molecule has 1 aliphatic rings. The van der Waals surface area contributed by atoms with Crippen LogP contribution in [-0.2, 0) is 9.59 Å². The number of rotatable bonds is 6. The molecule has 5 nitrogen and oxygen atoms in total. The van der Waals surface area contributed by atoms with Crippen LogP contribution >= 0.6 is 0 Å². The summed E-state index contributed by atoms with van der Waals surface area (Å²) in [6.07, 6.45) is 3.76. The van der Waals surface area contributed by atoms with E-state index < -0.39 is 18.1 Å². The predicted molar refractivity (Wildman–Crippen MR) is 83.1 cm³/mol. The van der Waals surface area contributed by atoms with Gasteiger partial charge in [-0.05, 0) is 45.1 Å². The second kappa shape index (κ2) is 7.25. The number of carbonyl (C=O) groups excluding carboxylic acids is 1. The van der Waals surface area contributed by atoms with E-state index in [2.05, 4.69) is 12.2 Å². The number of hydrogen-bond acceptors (Lipinski definition) is 3. The van der Waals surface area contributed by atoms with Crippen LogP contribution in [0.25, 0.3) is 0 Å². The van der Waals surface area contributed by atoms with Gasteiger partial charge in [0.25, 0.3) is 0 Å². The fourth-order valence-corrected chi connectivity index (χ4v) is 3.34. The van der Waals surface area contributed by atoms with Gasteiger partial charge in [-0.2, -0.15) is 0 Å². The van der Waals surface area contributed by atoms with Gasteiger partial charge in [0.2, 0.25) is 5.91 Å². The average Bonchev–Trinajstić information content (AvgIpc) is 2.35. The van der Waals surface area contributed by atoms with Gasteiger partial charge in [-0.1, -0.05) is 27.2 Å². The smallest absolute Gasteiger partial charge is 0.321 e. The molecular weight excluding hydrogens is 268 g/mol. The minimum Gasteiger partial charge on any atom is -0.480 e. The minimum absolute atomic E-state index is 0.0695. The molecule has 0 aromatic carbocycles. The summed E-state index contributed by atoms with van der Waals surface area (Å²) in [4.78, 5) is 25.9. The largest absolute Gasteiger partial charge is 0.480 e. The fourth-order valence-electron chi connectivity index (χ4n) is 3.34. The number of nitrogens with zero attached hydrogens (tertiary/aromatic N) is 1. The zero-order valence-electron chi connectivity index (χ0n) is 14.0. The summed E-state index contributed by atoms with van der Waals surface area (Å²) in [6, 6.07) is -0.885. The number of amides is 1. The van der Waals surface area contributed by atoms with E-state index in [1.54, 1.807) is 0 Å². The molecule has 5 heteroatoms. The summed E-state index contributed by atoms with van der Waals surface area (Å²) in [7, 11) is 0. The summed E-state index contributed by atoms with van der Waals surface area (Å²) < 4.78 is 0. The second-order valence-corrected chi connectivity index (χ2v) is 6.95. The lowest BCUT2D eigenvalue weighted by atomic mass is 9.76. The third-order valence-corrected chi connectivity index (χ3v) is 4.53. The van der Waals surface area contributed by atoms with Crippen LogP contribution in [0.5, 0.6) is 0 Å². The number of aliphatic carboxylic acids is 1. The highest BCUT2D eigenvalue weighted by Crippen LogP contribution is 2.36. The van der Waals surface area contributed by atoms with Crippen LogP contribution in [0.3, 0.4) is 0 Å². The van der Waals surface area contributed by atoms with E-state index in [-0.39, 0.29) is 17.4 Å². The monoisotopic (exact) mass is 298 g/mol. The van der Waals surface area contributed by atoms with E-state index in [1.165, 1.54) is 0 Å². The zero-order chi connectivity index (χ0) is 16.2. The van der Waals surface area contributed by atoms with Crippen molar-refractivity contribution in [2.24, 2.45) is 5.41 Å². The van der Waals surface area contributed by atoms with Gasteiger partial charge in [-0.3, -0.25) is 14.5 Å². The molecule has 1 aliphatic heterocycles. The standard InChI is InChI=1S/C16H30N2O3/c1-6-8-11(2)17-14(19)12(3)18-10-7-9-16(4,5)13(18)15(20)21/h11-13H,6-10H2,1-5H3,(H,17,19)(H,20,21). The Kier molecular flexibility index (Phi) is 6.20.